The molecule has 2 heteroatoms. The van der Waals surface area contributed by atoms with Crippen molar-refractivity contribution in [3.8, 4) is 0 Å². The Morgan fingerprint density at radius 3 is 2.79 bits per heavy atom. The molecule has 1 aliphatic rings. The molecular weight excluding hydrogens is 172 g/mol. The van der Waals surface area contributed by atoms with Crippen LogP contribution in [0.5, 0.6) is 0 Å². The topological polar surface area (TPSA) is 15.3 Å². The third-order valence-electron chi connectivity index (χ3n) is 2.83. The smallest absolute Gasteiger partial charge is 0.0363 e. The molecule has 1 unspecified atom stereocenters. The molecular formula is C12H18N2. The highest BCUT2D eigenvalue weighted by atomic mass is 15.1. The Morgan fingerprint density at radius 1 is 1.43 bits per heavy atom. The van der Waals surface area contributed by atoms with Crippen LogP contribution in [-0.2, 0) is 6.42 Å². The molecule has 0 aromatic heterocycles. The summed E-state index contributed by atoms with van der Waals surface area (Å²) in [5.41, 5.74) is 2.73. The van der Waals surface area contributed by atoms with Crippen molar-refractivity contribution in [1.29, 1.82) is 0 Å². The second-order valence-electron chi connectivity index (χ2n) is 4.21. The molecule has 14 heavy (non-hydrogen) atoms. The summed E-state index contributed by atoms with van der Waals surface area (Å²) in [6, 6.07) is 9.50. The van der Waals surface area contributed by atoms with Crippen LogP contribution in [0, 0.1) is 0 Å². The van der Waals surface area contributed by atoms with E-state index in [4.69, 9.17) is 0 Å². The van der Waals surface area contributed by atoms with Crippen molar-refractivity contribution in [1.82, 2.24) is 5.32 Å². The Morgan fingerprint density at radius 2 is 2.21 bits per heavy atom. The Labute approximate surface area is 85.9 Å². The van der Waals surface area contributed by atoms with E-state index in [1.54, 1.807) is 0 Å². The van der Waals surface area contributed by atoms with Crippen LogP contribution in [0.3, 0.4) is 0 Å². The SMILES string of the molecule is CN(C)c1cccc(CC2CCN2)c1. The molecule has 1 aromatic carbocycles. The van der Waals surface area contributed by atoms with Gasteiger partial charge in [-0.25, -0.2) is 0 Å². The van der Waals surface area contributed by atoms with Crippen LogP contribution in [0.4, 0.5) is 5.69 Å². The van der Waals surface area contributed by atoms with E-state index in [0.717, 1.165) is 0 Å². The lowest BCUT2D eigenvalue weighted by Gasteiger charge is -2.28. The molecule has 76 valence electrons. The summed E-state index contributed by atoms with van der Waals surface area (Å²) < 4.78 is 0. The standard InChI is InChI=1S/C12H18N2/c1-14(2)12-5-3-4-10(9-12)8-11-6-7-13-11/h3-5,9,11,13H,6-8H2,1-2H3. The fourth-order valence-electron chi connectivity index (χ4n) is 1.77. The number of nitrogens with one attached hydrogen (secondary N) is 1. The van der Waals surface area contributed by atoms with Crippen LogP contribution in [0.2, 0.25) is 0 Å². The molecule has 0 bridgehead atoms. The molecule has 1 heterocycles. The molecule has 0 amide bonds. The van der Waals surface area contributed by atoms with Gasteiger partial charge in [0.2, 0.25) is 0 Å². The Hall–Kier alpha value is -1.02. The lowest BCUT2D eigenvalue weighted by molar-refractivity contribution is 0.369. The van der Waals surface area contributed by atoms with Crippen molar-refractivity contribution in [2.75, 3.05) is 25.5 Å². The average Bonchev–Trinajstić information content (AvgIpc) is 2.12. The first kappa shape index (κ1) is 9.53. The predicted octanol–water partition coefficient (Wildman–Crippen LogP) is 1.66. The van der Waals surface area contributed by atoms with Gasteiger partial charge in [0.1, 0.15) is 0 Å². The van der Waals surface area contributed by atoms with E-state index in [0.29, 0.717) is 6.04 Å². The van der Waals surface area contributed by atoms with E-state index < -0.39 is 0 Å². The van der Waals surface area contributed by atoms with Gasteiger partial charge < -0.3 is 10.2 Å². The predicted molar refractivity (Wildman–Crippen MR) is 60.9 cm³/mol. The van der Waals surface area contributed by atoms with Gasteiger partial charge in [-0.2, -0.15) is 0 Å². The van der Waals surface area contributed by atoms with Crippen molar-refractivity contribution in [3.05, 3.63) is 29.8 Å². The van der Waals surface area contributed by atoms with Crippen molar-refractivity contribution in [2.24, 2.45) is 0 Å². The second-order valence-corrected chi connectivity index (χ2v) is 4.21. The highest BCUT2D eigenvalue weighted by Gasteiger charge is 2.16. The number of hydrogen-bond acceptors (Lipinski definition) is 2. The molecule has 1 atom stereocenters. The Balaban J connectivity index is 2.05. The number of benzene rings is 1. The summed E-state index contributed by atoms with van der Waals surface area (Å²) in [6.45, 7) is 1.19. The highest BCUT2D eigenvalue weighted by molar-refractivity contribution is 5.47. The van der Waals surface area contributed by atoms with Gasteiger partial charge in [-0.05, 0) is 37.1 Å². The molecule has 1 N–H and O–H groups in total. The van der Waals surface area contributed by atoms with Crippen LogP contribution in [0.1, 0.15) is 12.0 Å². The van der Waals surface area contributed by atoms with E-state index in [1.165, 1.54) is 30.6 Å². The van der Waals surface area contributed by atoms with E-state index >= 15 is 0 Å². The molecule has 1 fully saturated rings. The molecule has 1 aromatic rings. The number of rotatable bonds is 3. The summed E-state index contributed by atoms with van der Waals surface area (Å²) >= 11 is 0. The van der Waals surface area contributed by atoms with Gasteiger partial charge in [-0.15, -0.1) is 0 Å². The molecule has 0 saturated carbocycles. The van der Waals surface area contributed by atoms with Crippen molar-refractivity contribution in [2.45, 2.75) is 18.9 Å². The van der Waals surface area contributed by atoms with E-state index in [9.17, 15) is 0 Å². The van der Waals surface area contributed by atoms with Crippen LogP contribution in [-0.4, -0.2) is 26.7 Å². The van der Waals surface area contributed by atoms with Gasteiger partial charge in [-0.1, -0.05) is 12.1 Å². The van der Waals surface area contributed by atoms with E-state index in [1.807, 2.05) is 0 Å². The maximum Gasteiger partial charge on any atom is 0.0363 e. The van der Waals surface area contributed by atoms with Crippen LogP contribution < -0.4 is 10.2 Å². The van der Waals surface area contributed by atoms with Gasteiger partial charge in [0.15, 0.2) is 0 Å². The number of hydrogen-bond donors (Lipinski definition) is 1. The maximum atomic E-state index is 3.43. The van der Waals surface area contributed by atoms with Crippen molar-refractivity contribution < 1.29 is 0 Å². The normalized spacial score (nSPS) is 20.3. The minimum Gasteiger partial charge on any atom is -0.378 e. The molecule has 0 spiro atoms. The quantitative estimate of drug-likeness (QED) is 0.779. The zero-order chi connectivity index (χ0) is 9.97. The largest absolute Gasteiger partial charge is 0.378 e. The lowest BCUT2D eigenvalue weighted by atomic mass is 9.98. The minimum atomic E-state index is 0.715. The number of anilines is 1. The number of nitrogens with zero attached hydrogens (tertiary/aromatic N) is 1. The third kappa shape index (κ3) is 2.07. The summed E-state index contributed by atoms with van der Waals surface area (Å²) in [6.07, 6.45) is 2.49. The Kier molecular flexibility index (Phi) is 2.73. The van der Waals surface area contributed by atoms with Gasteiger partial charge >= 0.3 is 0 Å². The zero-order valence-electron chi connectivity index (χ0n) is 8.96. The zero-order valence-corrected chi connectivity index (χ0v) is 8.96. The first-order valence-electron chi connectivity index (χ1n) is 5.25. The van der Waals surface area contributed by atoms with Crippen molar-refractivity contribution >= 4 is 5.69 Å². The van der Waals surface area contributed by atoms with E-state index in [-0.39, 0.29) is 0 Å². The van der Waals surface area contributed by atoms with Gasteiger partial charge in [0, 0.05) is 25.8 Å². The fraction of sp³-hybridized carbons (Fsp3) is 0.500. The highest BCUT2D eigenvalue weighted by Crippen LogP contribution is 2.16. The average molecular weight is 190 g/mol. The first-order chi connectivity index (χ1) is 6.75. The van der Waals surface area contributed by atoms with Gasteiger partial charge in [0.25, 0.3) is 0 Å². The van der Waals surface area contributed by atoms with Crippen molar-refractivity contribution in [3.63, 3.8) is 0 Å². The maximum absolute atomic E-state index is 3.43. The van der Waals surface area contributed by atoms with Crippen LogP contribution in [0.25, 0.3) is 0 Å². The molecule has 2 nitrogen and oxygen atoms in total. The summed E-state index contributed by atoms with van der Waals surface area (Å²) in [5, 5.41) is 3.43. The second kappa shape index (κ2) is 4.01. The van der Waals surface area contributed by atoms with Gasteiger partial charge in [-0.3, -0.25) is 0 Å². The summed E-state index contributed by atoms with van der Waals surface area (Å²) in [5.74, 6) is 0. The molecule has 1 saturated heterocycles. The molecule has 1 aliphatic heterocycles. The summed E-state index contributed by atoms with van der Waals surface area (Å²) in [4.78, 5) is 2.15. The van der Waals surface area contributed by atoms with Gasteiger partial charge in [0.05, 0.1) is 0 Å². The molecule has 0 aliphatic carbocycles. The Bertz CT molecular complexity index is 303. The third-order valence-corrected chi connectivity index (χ3v) is 2.83. The molecule has 0 radical (unpaired) electrons. The fourth-order valence-corrected chi connectivity index (χ4v) is 1.77. The van der Waals surface area contributed by atoms with Crippen LogP contribution >= 0.6 is 0 Å². The van der Waals surface area contributed by atoms with Crippen LogP contribution in [0.15, 0.2) is 24.3 Å². The summed E-state index contributed by atoms with van der Waals surface area (Å²) in [7, 11) is 4.17. The molecule has 2 rings (SSSR count). The van der Waals surface area contributed by atoms with E-state index in [2.05, 4.69) is 48.6 Å². The monoisotopic (exact) mass is 190 g/mol. The minimum absolute atomic E-state index is 0.715. The first-order valence-corrected chi connectivity index (χ1v) is 5.25. The lowest BCUT2D eigenvalue weighted by Crippen LogP contribution is -2.44.